The summed E-state index contributed by atoms with van der Waals surface area (Å²) in [5.41, 5.74) is 0.910. The summed E-state index contributed by atoms with van der Waals surface area (Å²) in [6.45, 7) is 1.99. The summed E-state index contributed by atoms with van der Waals surface area (Å²) in [6, 6.07) is 6.97. The number of halogens is 4. The average molecular weight is 363 g/mol. The lowest BCUT2D eigenvalue weighted by atomic mass is 10.1. The van der Waals surface area contributed by atoms with Gasteiger partial charge in [-0.2, -0.15) is 13.2 Å². The van der Waals surface area contributed by atoms with Crippen molar-refractivity contribution >= 4 is 17.6 Å². The molecule has 24 heavy (non-hydrogen) atoms. The quantitative estimate of drug-likeness (QED) is 0.816. The van der Waals surface area contributed by atoms with Crippen molar-refractivity contribution in [3.8, 4) is 0 Å². The number of hydrogen-bond acceptors (Lipinski definition) is 4. The minimum Gasteiger partial charge on any atom is -0.356 e. The van der Waals surface area contributed by atoms with Gasteiger partial charge in [-0.3, -0.25) is 9.89 Å². The number of hydrogen-bond donors (Lipinski definition) is 2. The number of likely N-dealkylation sites (N-methyl/N-ethyl adjacent to an activating group) is 1. The van der Waals surface area contributed by atoms with Crippen molar-refractivity contribution in [1.29, 1.82) is 0 Å². The molecule has 0 spiro atoms. The van der Waals surface area contributed by atoms with Crippen molar-refractivity contribution in [3.63, 3.8) is 0 Å². The van der Waals surface area contributed by atoms with E-state index in [1.165, 1.54) is 0 Å². The number of nitrogens with one attached hydrogen (secondary N) is 2. The van der Waals surface area contributed by atoms with Crippen LogP contribution in [0.15, 0.2) is 29.3 Å². The zero-order valence-electron chi connectivity index (χ0n) is 13.5. The fourth-order valence-corrected chi connectivity index (χ4v) is 2.64. The van der Waals surface area contributed by atoms with E-state index in [9.17, 15) is 13.2 Å². The SMILES string of the molecule is CN(CCC(F)(F)F)C(CNC1=NCCCN1)c1ccc(Cl)cc1. The first-order chi connectivity index (χ1) is 11.3. The molecule has 0 radical (unpaired) electrons. The Kier molecular flexibility index (Phi) is 6.74. The first kappa shape index (κ1) is 18.9. The van der Waals surface area contributed by atoms with Crippen LogP contribution in [0.4, 0.5) is 13.2 Å². The Morgan fingerprint density at radius 2 is 2.04 bits per heavy atom. The molecular weight excluding hydrogens is 341 g/mol. The zero-order valence-corrected chi connectivity index (χ0v) is 14.3. The molecule has 0 aromatic heterocycles. The molecule has 8 heteroatoms. The molecular formula is C16H22ClF3N4. The number of rotatable bonds is 6. The summed E-state index contributed by atoms with van der Waals surface area (Å²) in [5.74, 6) is 0.699. The van der Waals surface area contributed by atoms with Crippen LogP contribution in [0.2, 0.25) is 5.02 Å². The van der Waals surface area contributed by atoms with Crippen LogP contribution in [-0.4, -0.2) is 50.3 Å². The number of guanidine groups is 1. The van der Waals surface area contributed by atoms with Gasteiger partial charge in [-0.1, -0.05) is 23.7 Å². The third-order valence-electron chi connectivity index (χ3n) is 3.89. The minimum atomic E-state index is -4.17. The number of benzene rings is 1. The first-order valence-corrected chi connectivity index (χ1v) is 8.27. The minimum absolute atomic E-state index is 0.0711. The predicted octanol–water partition coefficient (Wildman–Crippen LogP) is 3.20. The van der Waals surface area contributed by atoms with Gasteiger partial charge in [0.2, 0.25) is 0 Å². The van der Waals surface area contributed by atoms with E-state index < -0.39 is 12.6 Å². The van der Waals surface area contributed by atoms with Crippen molar-refractivity contribution in [1.82, 2.24) is 15.5 Å². The third-order valence-corrected chi connectivity index (χ3v) is 4.15. The standard InChI is InChI=1S/C16H22ClF3N4/c1-24(10-7-16(18,19)20)14(12-3-5-13(17)6-4-12)11-23-15-21-8-2-9-22-15/h3-6,14H,2,7-11H2,1H3,(H2,21,22,23). The highest BCUT2D eigenvalue weighted by molar-refractivity contribution is 6.30. The van der Waals surface area contributed by atoms with Crippen molar-refractivity contribution in [2.45, 2.75) is 25.1 Å². The highest BCUT2D eigenvalue weighted by atomic mass is 35.5. The highest BCUT2D eigenvalue weighted by Gasteiger charge is 2.29. The Morgan fingerprint density at radius 3 is 2.62 bits per heavy atom. The molecule has 0 bridgehead atoms. The van der Waals surface area contributed by atoms with E-state index in [1.54, 1.807) is 24.1 Å². The fraction of sp³-hybridized carbons (Fsp3) is 0.562. The van der Waals surface area contributed by atoms with Gasteiger partial charge in [-0.25, -0.2) is 0 Å². The Morgan fingerprint density at radius 1 is 1.33 bits per heavy atom. The molecule has 0 aliphatic carbocycles. The number of alkyl halides is 3. The van der Waals surface area contributed by atoms with Gasteiger partial charge in [0.15, 0.2) is 5.96 Å². The molecule has 0 saturated carbocycles. The Labute approximate surface area is 145 Å². The molecule has 0 fully saturated rings. The Bertz CT molecular complexity index is 545. The van der Waals surface area contributed by atoms with E-state index >= 15 is 0 Å². The Hall–Kier alpha value is -1.47. The second-order valence-electron chi connectivity index (χ2n) is 5.80. The lowest BCUT2D eigenvalue weighted by Gasteiger charge is -2.30. The topological polar surface area (TPSA) is 39.7 Å². The predicted molar refractivity (Wildman–Crippen MR) is 90.4 cm³/mol. The van der Waals surface area contributed by atoms with E-state index in [4.69, 9.17) is 11.6 Å². The fourth-order valence-electron chi connectivity index (χ4n) is 2.52. The maximum Gasteiger partial charge on any atom is 0.390 e. The van der Waals surface area contributed by atoms with E-state index in [-0.39, 0.29) is 12.6 Å². The van der Waals surface area contributed by atoms with E-state index in [1.807, 2.05) is 12.1 Å². The molecule has 0 saturated heterocycles. The molecule has 1 unspecified atom stereocenters. The second-order valence-corrected chi connectivity index (χ2v) is 6.24. The third kappa shape index (κ3) is 6.20. The second kappa shape index (κ2) is 8.58. The lowest BCUT2D eigenvalue weighted by Crippen LogP contribution is -2.44. The van der Waals surface area contributed by atoms with Gasteiger partial charge in [0.25, 0.3) is 0 Å². The molecule has 1 aromatic carbocycles. The van der Waals surface area contributed by atoms with Crippen LogP contribution < -0.4 is 10.6 Å². The van der Waals surface area contributed by atoms with Crippen LogP contribution >= 0.6 is 11.6 Å². The average Bonchev–Trinajstić information content (AvgIpc) is 2.55. The Balaban J connectivity index is 2.05. The summed E-state index contributed by atoms with van der Waals surface area (Å²) in [7, 11) is 1.70. The number of nitrogens with zero attached hydrogens (tertiary/aromatic N) is 2. The largest absolute Gasteiger partial charge is 0.390 e. The molecule has 4 nitrogen and oxygen atoms in total. The van der Waals surface area contributed by atoms with Gasteiger partial charge in [-0.15, -0.1) is 0 Å². The van der Waals surface area contributed by atoms with Crippen LogP contribution in [-0.2, 0) is 0 Å². The van der Waals surface area contributed by atoms with Gasteiger partial charge in [-0.05, 0) is 31.2 Å². The molecule has 1 heterocycles. The summed E-state index contributed by atoms with van der Waals surface area (Å²) in [6.07, 6.45) is -4.02. The smallest absolute Gasteiger partial charge is 0.356 e. The monoisotopic (exact) mass is 362 g/mol. The van der Waals surface area contributed by atoms with Crippen molar-refractivity contribution in [2.24, 2.45) is 4.99 Å². The molecule has 2 rings (SSSR count). The molecule has 1 aliphatic heterocycles. The molecule has 1 aliphatic rings. The van der Waals surface area contributed by atoms with Gasteiger partial charge in [0, 0.05) is 31.2 Å². The normalized spacial score (nSPS) is 16.5. The first-order valence-electron chi connectivity index (χ1n) is 7.90. The van der Waals surface area contributed by atoms with E-state index in [0.29, 0.717) is 17.5 Å². The van der Waals surface area contributed by atoms with Crippen molar-refractivity contribution in [2.75, 3.05) is 33.2 Å². The van der Waals surface area contributed by atoms with Crippen LogP contribution in [0.1, 0.15) is 24.4 Å². The highest BCUT2D eigenvalue weighted by Crippen LogP contribution is 2.25. The number of aliphatic imine (C=N–C) groups is 1. The summed E-state index contributed by atoms with van der Waals surface area (Å²) >= 11 is 5.91. The van der Waals surface area contributed by atoms with Crippen molar-refractivity contribution < 1.29 is 13.2 Å². The van der Waals surface area contributed by atoms with Gasteiger partial charge in [0.05, 0.1) is 12.5 Å². The van der Waals surface area contributed by atoms with Crippen LogP contribution in [0.5, 0.6) is 0 Å². The van der Waals surface area contributed by atoms with E-state index in [0.717, 1.165) is 25.1 Å². The molecule has 1 aromatic rings. The van der Waals surface area contributed by atoms with Gasteiger partial charge in [0.1, 0.15) is 0 Å². The summed E-state index contributed by atoms with van der Waals surface area (Å²) in [5, 5.41) is 6.94. The maximum absolute atomic E-state index is 12.5. The lowest BCUT2D eigenvalue weighted by molar-refractivity contribution is -0.138. The summed E-state index contributed by atoms with van der Waals surface area (Å²) < 4.78 is 37.6. The zero-order chi connectivity index (χ0) is 17.6. The van der Waals surface area contributed by atoms with Gasteiger partial charge < -0.3 is 10.6 Å². The summed E-state index contributed by atoms with van der Waals surface area (Å²) in [4.78, 5) is 6.03. The van der Waals surface area contributed by atoms with Crippen LogP contribution in [0.3, 0.4) is 0 Å². The van der Waals surface area contributed by atoms with Gasteiger partial charge >= 0.3 is 6.18 Å². The van der Waals surface area contributed by atoms with Crippen LogP contribution in [0.25, 0.3) is 0 Å². The van der Waals surface area contributed by atoms with Crippen molar-refractivity contribution in [3.05, 3.63) is 34.9 Å². The van der Waals surface area contributed by atoms with E-state index in [2.05, 4.69) is 15.6 Å². The molecule has 1 atom stereocenters. The molecule has 2 N–H and O–H groups in total. The molecule has 0 amide bonds. The molecule has 134 valence electrons. The maximum atomic E-state index is 12.5. The van der Waals surface area contributed by atoms with Crippen LogP contribution in [0, 0.1) is 0 Å².